The number of morpholine rings is 1. The Bertz CT molecular complexity index is 1140. The number of nitrogens with zero attached hydrogens (tertiary/aromatic N) is 3. The summed E-state index contributed by atoms with van der Waals surface area (Å²) >= 11 is 0. The highest BCUT2D eigenvalue weighted by atomic mass is 16.5. The van der Waals surface area contributed by atoms with Crippen LogP contribution < -0.4 is 15.0 Å². The molecule has 2 fully saturated rings. The van der Waals surface area contributed by atoms with Crippen LogP contribution in [-0.2, 0) is 11.2 Å². The number of rotatable bonds is 7. The van der Waals surface area contributed by atoms with Gasteiger partial charge in [0.25, 0.3) is 5.91 Å². The lowest BCUT2D eigenvalue weighted by atomic mass is 10.0. The first-order valence-electron chi connectivity index (χ1n) is 12.6. The third-order valence-corrected chi connectivity index (χ3v) is 7.16. The Kier molecular flexibility index (Phi) is 7.45. The maximum absolute atomic E-state index is 13.2. The molecule has 2 saturated heterocycles. The molecule has 0 bridgehead atoms. The van der Waals surface area contributed by atoms with Gasteiger partial charge in [0, 0.05) is 44.2 Å². The summed E-state index contributed by atoms with van der Waals surface area (Å²) in [5, 5.41) is 4.00. The zero-order valence-electron chi connectivity index (χ0n) is 20.4. The predicted octanol–water partition coefficient (Wildman–Crippen LogP) is 3.52. The zero-order valence-corrected chi connectivity index (χ0v) is 20.4. The average molecular weight is 475 g/mol. The largest absolute Gasteiger partial charge is 0.497 e. The highest BCUT2D eigenvalue weighted by Crippen LogP contribution is 2.27. The van der Waals surface area contributed by atoms with Gasteiger partial charge in [-0.1, -0.05) is 30.3 Å². The van der Waals surface area contributed by atoms with E-state index >= 15 is 0 Å². The van der Waals surface area contributed by atoms with Crippen molar-refractivity contribution in [3.63, 3.8) is 0 Å². The quantitative estimate of drug-likeness (QED) is 0.565. The number of fused-ring (bicyclic) bond motifs is 1. The fourth-order valence-electron chi connectivity index (χ4n) is 5.12. The number of hydrogen-bond donors (Lipinski definition) is 1. The van der Waals surface area contributed by atoms with Crippen LogP contribution in [0.3, 0.4) is 0 Å². The van der Waals surface area contributed by atoms with Gasteiger partial charge in [0.2, 0.25) is 0 Å². The minimum absolute atomic E-state index is 0.0541. The summed E-state index contributed by atoms with van der Waals surface area (Å²) in [6.07, 6.45) is 2.98. The number of piperidine rings is 1. The molecule has 2 aliphatic rings. The van der Waals surface area contributed by atoms with E-state index in [9.17, 15) is 4.79 Å². The van der Waals surface area contributed by atoms with E-state index in [2.05, 4.69) is 15.1 Å². The van der Waals surface area contributed by atoms with Crippen molar-refractivity contribution in [3.8, 4) is 5.75 Å². The molecule has 5 rings (SSSR count). The molecule has 1 aromatic heterocycles. The molecule has 0 saturated carbocycles. The fraction of sp³-hybridized carbons (Fsp3) is 0.429. The molecular formula is C28H34N4O3. The van der Waals surface area contributed by atoms with Crippen LogP contribution in [-0.4, -0.2) is 74.9 Å². The van der Waals surface area contributed by atoms with E-state index in [0.29, 0.717) is 18.2 Å². The van der Waals surface area contributed by atoms with Gasteiger partial charge < -0.3 is 19.7 Å². The van der Waals surface area contributed by atoms with Crippen LogP contribution in [0.15, 0.2) is 54.6 Å². The van der Waals surface area contributed by atoms with Crippen LogP contribution in [0.1, 0.15) is 28.8 Å². The monoisotopic (exact) mass is 474 g/mol. The Labute approximate surface area is 207 Å². The number of pyridine rings is 1. The fourth-order valence-corrected chi connectivity index (χ4v) is 5.12. The molecule has 1 amide bonds. The van der Waals surface area contributed by atoms with Crippen molar-refractivity contribution in [3.05, 3.63) is 65.7 Å². The molecular weight excluding hydrogens is 440 g/mol. The van der Waals surface area contributed by atoms with Crippen LogP contribution in [0.4, 0.5) is 5.82 Å². The minimum atomic E-state index is -0.0541. The number of carbonyl (C=O) groups is 1. The van der Waals surface area contributed by atoms with Crippen LogP contribution in [0, 0.1) is 0 Å². The summed E-state index contributed by atoms with van der Waals surface area (Å²) in [6.45, 7) is 6.20. The van der Waals surface area contributed by atoms with E-state index in [4.69, 9.17) is 14.5 Å². The molecule has 35 heavy (non-hydrogen) atoms. The summed E-state index contributed by atoms with van der Waals surface area (Å²) in [5.41, 5.74) is 2.71. The van der Waals surface area contributed by atoms with Gasteiger partial charge in [0.05, 0.1) is 31.4 Å². The molecule has 0 atom stereocenters. The number of hydrogen-bond acceptors (Lipinski definition) is 6. The molecule has 1 N–H and O–H groups in total. The van der Waals surface area contributed by atoms with Crippen molar-refractivity contribution >= 4 is 22.6 Å². The first-order chi connectivity index (χ1) is 17.2. The van der Waals surface area contributed by atoms with Crippen LogP contribution >= 0.6 is 0 Å². The number of carbonyl (C=O) groups excluding carboxylic acids is 1. The third kappa shape index (κ3) is 5.57. The van der Waals surface area contributed by atoms with Gasteiger partial charge in [-0.15, -0.1) is 0 Å². The number of benzene rings is 2. The second-order valence-corrected chi connectivity index (χ2v) is 9.27. The first-order valence-corrected chi connectivity index (χ1v) is 12.6. The van der Waals surface area contributed by atoms with Crippen molar-refractivity contribution in [1.82, 2.24) is 15.2 Å². The zero-order chi connectivity index (χ0) is 24.0. The van der Waals surface area contributed by atoms with Gasteiger partial charge in [-0.2, -0.15) is 0 Å². The standard InChI is InChI=1S/C28H34N4O3/c1-34-23-8-6-21(7-9-23)10-13-29-28(33)25-20-27(30-26-5-3-2-4-24(25)26)32-14-11-22(12-15-32)31-16-18-35-19-17-31/h2-9,20,22H,10-19H2,1H3,(H,29,33). The van der Waals surface area contributed by atoms with Gasteiger partial charge >= 0.3 is 0 Å². The van der Waals surface area contributed by atoms with E-state index in [-0.39, 0.29) is 5.91 Å². The molecule has 0 radical (unpaired) electrons. The third-order valence-electron chi connectivity index (χ3n) is 7.16. The summed E-state index contributed by atoms with van der Waals surface area (Å²) in [4.78, 5) is 23.1. The Hall–Kier alpha value is -3.16. The van der Waals surface area contributed by atoms with Crippen molar-refractivity contribution in [2.24, 2.45) is 0 Å². The normalized spacial score (nSPS) is 17.5. The Balaban J connectivity index is 1.27. The summed E-state index contributed by atoms with van der Waals surface area (Å²) in [6, 6.07) is 18.5. The predicted molar refractivity (Wildman–Crippen MR) is 138 cm³/mol. The number of amides is 1. The number of para-hydroxylation sites is 1. The van der Waals surface area contributed by atoms with Crippen LogP contribution in [0.5, 0.6) is 5.75 Å². The number of methoxy groups -OCH3 is 1. The summed E-state index contributed by atoms with van der Waals surface area (Å²) in [7, 11) is 1.66. The van der Waals surface area contributed by atoms with Gasteiger partial charge in [-0.25, -0.2) is 4.98 Å². The lowest BCUT2D eigenvalue weighted by Crippen LogP contribution is -2.49. The molecule has 2 aromatic carbocycles. The van der Waals surface area contributed by atoms with E-state index in [0.717, 1.165) is 86.7 Å². The lowest BCUT2D eigenvalue weighted by molar-refractivity contribution is 0.0115. The van der Waals surface area contributed by atoms with Crippen LogP contribution in [0.25, 0.3) is 10.9 Å². The van der Waals surface area contributed by atoms with E-state index in [1.54, 1.807) is 7.11 Å². The van der Waals surface area contributed by atoms with Gasteiger partial charge in [0.15, 0.2) is 0 Å². The second-order valence-electron chi connectivity index (χ2n) is 9.27. The Morgan fingerprint density at radius 3 is 2.54 bits per heavy atom. The highest BCUT2D eigenvalue weighted by Gasteiger charge is 2.27. The lowest BCUT2D eigenvalue weighted by Gasteiger charge is -2.40. The van der Waals surface area contributed by atoms with Gasteiger partial charge in [-0.3, -0.25) is 9.69 Å². The van der Waals surface area contributed by atoms with E-state index < -0.39 is 0 Å². The Morgan fingerprint density at radius 2 is 1.80 bits per heavy atom. The molecule has 7 heteroatoms. The number of anilines is 1. The minimum Gasteiger partial charge on any atom is -0.497 e. The van der Waals surface area contributed by atoms with Crippen molar-refractivity contribution < 1.29 is 14.3 Å². The molecule has 7 nitrogen and oxygen atoms in total. The summed E-state index contributed by atoms with van der Waals surface area (Å²) < 4.78 is 10.7. The number of aromatic nitrogens is 1. The topological polar surface area (TPSA) is 66.9 Å². The first kappa shape index (κ1) is 23.6. The number of nitrogens with one attached hydrogen (secondary N) is 1. The maximum atomic E-state index is 13.2. The second kappa shape index (κ2) is 11.1. The van der Waals surface area contributed by atoms with E-state index in [1.165, 1.54) is 0 Å². The average Bonchev–Trinajstić information content (AvgIpc) is 2.93. The highest BCUT2D eigenvalue weighted by molar-refractivity contribution is 6.07. The molecule has 3 aromatic rings. The van der Waals surface area contributed by atoms with Crippen molar-refractivity contribution in [2.75, 3.05) is 57.9 Å². The summed E-state index contributed by atoms with van der Waals surface area (Å²) in [5.74, 6) is 1.67. The van der Waals surface area contributed by atoms with Crippen LogP contribution in [0.2, 0.25) is 0 Å². The van der Waals surface area contributed by atoms with Gasteiger partial charge in [-0.05, 0) is 49.1 Å². The van der Waals surface area contributed by atoms with E-state index in [1.807, 2.05) is 54.6 Å². The molecule has 184 valence electrons. The van der Waals surface area contributed by atoms with Gasteiger partial charge in [0.1, 0.15) is 11.6 Å². The Morgan fingerprint density at radius 1 is 1.06 bits per heavy atom. The molecule has 3 heterocycles. The SMILES string of the molecule is COc1ccc(CCNC(=O)c2cc(N3CCC(N4CCOCC4)CC3)nc3ccccc23)cc1. The van der Waals surface area contributed by atoms with Crippen molar-refractivity contribution in [2.45, 2.75) is 25.3 Å². The molecule has 0 unspecified atom stereocenters. The maximum Gasteiger partial charge on any atom is 0.252 e. The molecule has 0 spiro atoms. The molecule has 0 aliphatic carbocycles. The molecule has 2 aliphatic heterocycles. The van der Waals surface area contributed by atoms with Crippen molar-refractivity contribution in [1.29, 1.82) is 0 Å². The smallest absolute Gasteiger partial charge is 0.252 e. The number of ether oxygens (including phenoxy) is 2.